The van der Waals surface area contributed by atoms with Crippen LogP contribution in [0.2, 0.25) is 0 Å². The molecule has 0 aliphatic heterocycles. The van der Waals surface area contributed by atoms with Gasteiger partial charge < -0.3 is 14.8 Å². The predicted octanol–water partition coefficient (Wildman–Crippen LogP) is 2.25. The average molecular weight is 259 g/mol. The molecule has 0 saturated heterocycles. The van der Waals surface area contributed by atoms with Crippen molar-refractivity contribution >= 4 is 5.91 Å². The SMILES string of the molecule is Cc1cc(CNC(=O)C(O)c2ccccc2)c(C)o1. The number of hydrogen-bond donors (Lipinski definition) is 2. The lowest BCUT2D eigenvalue weighted by Crippen LogP contribution is -2.28. The summed E-state index contributed by atoms with van der Waals surface area (Å²) in [5, 5.41) is 12.6. The third-order valence-corrected chi connectivity index (χ3v) is 2.96. The van der Waals surface area contributed by atoms with Crippen LogP contribution in [0.1, 0.15) is 28.8 Å². The Hall–Kier alpha value is -2.07. The minimum Gasteiger partial charge on any atom is -0.466 e. The fraction of sp³-hybridized carbons (Fsp3) is 0.267. The Bertz CT molecular complexity index is 560. The van der Waals surface area contributed by atoms with Crippen LogP contribution in [0, 0.1) is 13.8 Å². The van der Waals surface area contributed by atoms with Crippen molar-refractivity contribution in [2.75, 3.05) is 0 Å². The molecule has 2 N–H and O–H groups in total. The van der Waals surface area contributed by atoms with E-state index in [1.54, 1.807) is 24.3 Å². The molecule has 1 aromatic carbocycles. The van der Waals surface area contributed by atoms with E-state index in [0.29, 0.717) is 12.1 Å². The van der Waals surface area contributed by atoms with Crippen LogP contribution in [0.4, 0.5) is 0 Å². The van der Waals surface area contributed by atoms with Gasteiger partial charge in [0.25, 0.3) is 5.91 Å². The molecule has 1 aromatic heterocycles. The predicted molar refractivity (Wildman–Crippen MR) is 71.4 cm³/mol. The summed E-state index contributed by atoms with van der Waals surface area (Å²) in [4.78, 5) is 11.8. The Kier molecular flexibility index (Phi) is 4.02. The van der Waals surface area contributed by atoms with Crippen molar-refractivity contribution in [3.63, 3.8) is 0 Å². The molecule has 1 unspecified atom stereocenters. The van der Waals surface area contributed by atoms with Crippen LogP contribution in [-0.2, 0) is 11.3 Å². The Morgan fingerprint density at radius 2 is 2.00 bits per heavy atom. The van der Waals surface area contributed by atoms with E-state index in [1.807, 2.05) is 26.0 Å². The molecular formula is C15H17NO3. The topological polar surface area (TPSA) is 62.5 Å². The van der Waals surface area contributed by atoms with E-state index in [-0.39, 0.29) is 0 Å². The fourth-order valence-corrected chi connectivity index (χ4v) is 1.92. The molecule has 19 heavy (non-hydrogen) atoms. The van der Waals surface area contributed by atoms with Gasteiger partial charge in [0.1, 0.15) is 11.5 Å². The molecule has 2 aromatic rings. The zero-order valence-corrected chi connectivity index (χ0v) is 11.0. The number of benzene rings is 1. The molecule has 2 rings (SSSR count). The molecule has 0 bridgehead atoms. The molecule has 1 heterocycles. The van der Waals surface area contributed by atoms with E-state index in [1.165, 1.54) is 0 Å². The lowest BCUT2D eigenvalue weighted by molar-refractivity contribution is -0.129. The Morgan fingerprint density at radius 3 is 2.58 bits per heavy atom. The fourth-order valence-electron chi connectivity index (χ4n) is 1.92. The maximum Gasteiger partial charge on any atom is 0.253 e. The number of aliphatic hydroxyl groups is 1. The highest BCUT2D eigenvalue weighted by Gasteiger charge is 2.17. The first kappa shape index (κ1) is 13.4. The highest BCUT2D eigenvalue weighted by molar-refractivity contribution is 5.81. The molecule has 0 spiro atoms. The molecule has 4 nitrogen and oxygen atoms in total. The number of carbonyl (C=O) groups is 1. The zero-order valence-electron chi connectivity index (χ0n) is 11.0. The van der Waals surface area contributed by atoms with E-state index < -0.39 is 12.0 Å². The third-order valence-electron chi connectivity index (χ3n) is 2.96. The van der Waals surface area contributed by atoms with Gasteiger partial charge in [-0.1, -0.05) is 30.3 Å². The van der Waals surface area contributed by atoms with Crippen LogP contribution >= 0.6 is 0 Å². The molecule has 1 amide bonds. The summed E-state index contributed by atoms with van der Waals surface area (Å²) in [6, 6.07) is 10.7. The van der Waals surface area contributed by atoms with Crippen molar-refractivity contribution in [3.8, 4) is 0 Å². The highest BCUT2D eigenvalue weighted by atomic mass is 16.3. The second-order valence-corrected chi connectivity index (χ2v) is 4.47. The Labute approximate surface area is 112 Å². The molecule has 0 saturated carbocycles. The van der Waals surface area contributed by atoms with Gasteiger partial charge in [-0.05, 0) is 25.5 Å². The third kappa shape index (κ3) is 3.23. The van der Waals surface area contributed by atoms with Gasteiger partial charge in [0, 0.05) is 12.1 Å². The summed E-state index contributed by atoms with van der Waals surface area (Å²) < 4.78 is 5.38. The molecule has 0 radical (unpaired) electrons. The van der Waals surface area contributed by atoms with Crippen LogP contribution in [-0.4, -0.2) is 11.0 Å². The number of rotatable bonds is 4. The van der Waals surface area contributed by atoms with Crippen LogP contribution in [0.3, 0.4) is 0 Å². The smallest absolute Gasteiger partial charge is 0.253 e. The normalized spacial score (nSPS) is 12.2. The van der Waals surface area contributed by atoms with Crippen molar-refractivity contribution in [3.05, 3.63) is 59.0 Å². The van der Waals surface area contributed by atoms with Gasteiger partial charge in [0.05, 0.1) is 0 Å². The first-order valence-electron chi connectivity index (χ1n) is 6.14. The minimum absolute atomic E-state index is 0.353. The van der Waals surface area contributed by atoms with Crippen molar-refractivity contribution in [1.29, 1.82) is 0 Å². The van der Waals surface area contributed by atoms with Crippen molar-refractivity contribution < 1.29 is 14.3 Å². The number of aliphatic hydroxyl groups excluding tert-OH is 1. The van der Waals surface area contributed by atoms with E-state index in [2.05, 4.69) is 5.32 Å². The molecule has 1 atom stereocenters. The van der Waals surface area contributed by atoms with Crippen LogP contribution in [0.5, 0.6) is 0 Å². The van der Waals surface area contributed by atoms with Crippen LogP contribution < -0.4 is 5.32 Å². The monoisotopic (exact) mass is 259 g/mol. The quantitative estimate of drug-likeness (QED) is 0.885. The first-order valence-corrected chi connectivity index (χ1v) is 6.14. The molecule has 4 heteroatoms. The number of furan rings is 1. The molecular weight excluding hydrogens is 242 g/mol. The maximum atomic E-state index is 11.8. The Morgan fingerprint density at radius 1 is 1.32 bits per heavy atom. The van der Waals surface area contributed by atoms with E-state index >= 15 is 0 Å². The van der Waals surface area contributed by atoms with Gasteiger partial charge in [0.15, 0.2) is 6.10 Å². The van der Waals surface area contributed by atoms with E-state index in [9.17, 15) is 9.90 Å². The summed E-state index contributed by atoms with van der Waals surface area (Å²) in [6.07, 6.45) is -1.14. The largest absolute Gasteiger partial charge is 0.466 e. The van der Waals surface area contributed by atoms with Crippen LogP contribution in [0.25, 0.3) is 0 Å². The lowest BCUT2D eigenvalue weighted by atomic mass is 10.1. The molecule has 0 fully saturated rings. The van der Waals surface area contributed by atoms with Crippen molar-refractivity contribution in [2.24, 2.45) is 0 Å². The number of hydrogen-bond acceptors (Lipinski definition) is 3. The van der Waals surface area contributed by atoms with Crippen molar-refractivity contribution in [1.82, 2.24) is 5.32 Å². The Balaban J connectivity index is 1.96. The summed E-state index contributed by atoms with van der Waals surface area (Å²) in [7, 11) is 0. The van der Waals surface area contributed by atoms with Gasteiger partial charge in [0.2, 0.25) is 0 Å². The standard InChI is InChI=1S/C15H17NO3/c1-10-8-13(11(2)19-10)9-16-15(18)14(17)12-6-4-3-5-7-12/h3-8,14,17H,9H2,1-2H3,(H,16,18). The number of aryl methyl sites for hydroxylation is 2. The summed E-state index contributed by atoms with van der Waals surface area (Å²) in [6.45, 7) is 4.06. The first-order chi connectivity index (χ1) is 9.08. The molecule has 100 valence electrons. The minimum atomic E-state index is -1.14. The zero-order chi connectivity index (χ0) is 13.8. The highest BCUT2D eigenvalue weighted by Crippen LogP contribution is 2.15. The summed E-state index contributed by atoms with van der Waals surface area (Å²) in [5.74, 6) is 1.18. The van der Waals surface area contributed by atoms with Gasteiger partial charge in [-0.25, -0.2) is 0 Å². The maximum absolute atomic E-state index is 11.8. The van der Waals surface area contributed by atoms with Gasteiger partial charge in [-0.3, -0.25) is 4.79 Å². The second kappa shape index (κ2) is 5.71. The summed E-state index contributed by atoms with van der Waals surface area (Å²) in [5.41, 5.74) is 1.51. The van der Waals surface area contributed by atoms with E-state index in [0.717, 1.165) is 17.1 Å². The summed E-state index contributed by atoms with van der Waals surface area (Å²) >= 11 is 0. The molecule has 0 aliphatic rings. The second-order valence-electron chi connectivity index (χ2n) is 4.47. The van der Waals surface area contributed by atoms with Gasteiger partial charge in [-0.15, -0.1) is 0 Å². The number of amides is 1. The number of nitrogens with one attached hydrogen (secondary N) is 1. The van der Waals surface area contributed by atoms with Crippen LogP contribution in [0.15, 0.2) is 40.8 Å². The lowest BCUT2D eigenvalue weighted by Gasteiger charge is -2.11. The molecule has 0 aliphatic carbocycles. The van der Waals surface area contributed by atoms with Gasteiger partial charge >= 0.3 is 0 Å². The number of carbonyl (C=O) groups excluding carboxylic acids is 1. The average Bonchev–Trinajstić information content (AvgIpc) is 2.74. The van der Waals surface area contributed by atoms with Crippen molar-refractivity contribution in [2.45, 2.75) is 26.5 Å². The van der Waals surface area contributed by atoms with E-state index in [4.69, 9.17) is 4.42 Å². The van der Waals surface area contributed by atoms with Gasteiger partial charge in [-0.2, -0.15) is 0 Å².